The van der Waals surface area contributed by atoms with Crippen molar-refractivity contribution in [2.24, 2.45) is 7.05 Å². The summed E-state index contributed by atoms with van der Waals surface area (Å²) in [5.41, 5.74) is 0.979. The van der Waals surface area contributed by atoms with Gasteiger partial charge in [0.05, 0.1) is 0 Å². The summed E-state index contributed by atoms with van der Waals surface area (Å²) >= 11 is 0. The van der Waals surface area contributed by atoms with Crippen LogP contribution in [-0.4, -0.2) is 41.8 Å². The lowest BCUT2D eigenvalue weighted by Gasteiger charge is -2.05. The molecule has 1 N–H and O–H groups in total. The average molecular weight is 313 g/mol. The number of nitrogens with one attached hydrogen (secondary N) is 1. The molecule has 0 unspecified atom stereocenters. The predicted octanol–water partition coefficient (Wildman–Crippen LogP) is -0.419. The molecule has 9 heteroatoms. The van der Waals surface area contributed by atoms with Gasteiger partial charge in [0.2, 0.25) is 0 Å². The Hall–Kier alpha value is -3.10. The van der Waals surface area contributed by atoms with Gasteiger partial charge in [-0.3, -0.25) is 9.59 Å². The standard InChI is InChI=1S/C14H15N7O2/c1-20-12(22)5-4-11(19-20)13(23)15-6-2-3-10-7-16-14-17-9-18-21(14)8-10/h4-5,7-9H,2-3,6H2,1H3,(H,15,23). The molecule has 3 heterocycles. The zero-order valence-electron chi connectivity index (χ0n) is 12.5. The molecular formula is C14H15N7O2. The van der Waals surface area contributed by atoms with Gasteiger partial charge in [-0.25, -0.2) is 14.2 Å². The summed E-state index contributed by atoms with van der Waals surface area (Å²) in [4.78, 5) is 31.3. The highest BCUT2D eigenvalue weighted by atomic mass is 16.2. The van der Waals surface area contributed by atoms with Crippen molar-refractivity contribution >= 4 is 11.7 Å². The minimum absolute atomic E-state index is 0.220. The summed E-state index contributed by atoms with van der Waals surface area (Å²) in [6.45, 7) is 0.499. The van der Waals surface area contributed by atoms with E-state index in [0.717, 1.165) is 23.1 Å². The molecule has 0 saturated heterocycles. The molecule has 0 bridgehead atoms. The number of aromatic nitrogens is 6. The van der Waals surface area contributed by atoms with Crippen LogP contribution < -0.4 is 10.9 Å². The number of hydrogen-bond acceptors (Lipinski definition) is 6. The van der Waals surface area contributed by atoms with E-state index < -0.39 is 0 Å². The molecule has 0 fully saturated rings. The highest BCUT2D eigenvalue weighted by Crippen LogP contribution is 2.02. The first-order valence-electron chi connectivity index (χ1n) is 7.10. The fourth-order valence-corrected chi connectivity index (χ4v) is 2.10. The van der Waals surface area contributed by atoms with E-state index in [1.54, 1.807) is 10.7 Å². The second kappa shape index (κ2) is 6.34. The largest absolute Gasteiger partial charge is 0.351 e. The van der Waals surface area contributed by atoms with Crippen LogP contribution in [0.5, 0.6) is 0 Å². The van der Waals surface area contributed by atoms with Gasteiger partial charge >= 0.3 is 0 Å². The topological polar surface area (TPSA) is 107 Å². The maximum atomic E-state index is 11.9. The van der Waals surface area contributed by atoms with Crippen LogP contribution in [0.25, 0.3) is 5.78 Å². The van der Waals surface area contributed by atoms with Gasteiger partial charge in [-0.1, -0.05) is 0 Å². The second-order valence-electron chi connectivity index (χ2n) is 5.01. The number of amides is 1. The molecule has 0 aliphatic rings. The summed E-state index contributed by atoms with van der Waals surface area (Å²) in [6, 6.07) is 2.74. The highest BCUT2D eigenvalue weighted by Gasteiger charge is 2.07. The molecule has 9 nitrogen and oxygen atoms in total. The maximum Gasteiger partial charge on any atom is 0.271 e. The lowest BCUT2D eigenvalue weighted by atomic mass is 10.2. The van der Waals surface area contributed by atoms with E-state index in [2.05, 4.69) is 25.5 Å². The quantitative estimate of drug-likeness (QED) is 0.641. The van der Waals surface area contributed by atoms with Gasteiger partial charge in [-0.2, -0.15) is 15.2 Å². The summed E-state index contributed by atoms with van der Waals surface area (Å²) in [5, 5.41) is 10.7. The molecule has 0 spiro atoms. The van der Waals surface area contributed by atoms with E-state index in [1.165, 1.54) is 25.5 Å². The molecule has 3 aromatic heterocycles. The Kier molecular flexibility index (Phi) is 4.09. The maximum absolute atomic E-state index is 11.9. The zero-order valence-corrected chi connectivity index (χ0v) is 12.5. The van der Waals surface area contributed by atoms with E-state index in [1.807, 2.05) is 6.20 Å². The molecular weight excluding hydrogens is 298 g/mol. The first kappa shape index (κ1) is 14.8. The van der Waals surface area contributed by atoms with Crippen molar-refractivity contribution in [2.45, 2.75) is 12.8 Å². The number of rotatable bonds is 5. The van der Waals surface area contributed by atoms with Crippen molar-refractivity contribution in [3.8, 4) is 0 Å². The van der Waals surface area contributed by atoms with E-state index in [-0.39, 0.29) is 17.2 Å². The first-order valence-corrected chi connectivity index (χ1v) is 7.10. The van der Waals surface area contributed by atoms with Crippen LogP contribution in [0.4, 0.5) is 0 Å². The minimum Gasteiger partial charge on any atom is -0.351 e. The van der Waals surface area contributed by atoms with Crippen LogP contribution >= 0.6 is 0 Å². The Morgan fingerprint density at radius 1 is 1.30 bits per heavy atom. The second-order valence-corrected chi connectivity index (χ2v) is 5.01. The van der Waals surface area contributed by atoms with Crippen LogP contribution in [0.1, 0.15) is 22.5 Å². The van der Waals surface area contributed by atoms with Crippen molar-refractivity contribution < 1.29 is 4.79 Å². The van der Waals surface area contributed by atoms with Gasteiger partial charge in [0.15, 0.2) is 0 Å². The normalized spacial score (nSPS) is 10.8. The molecule has 0 radical (unpaired) electrons. The molecule has 0 aliphatic heterocycles. The van der Waals surface area contributed by atoms with Crippen LogP contribution in [0.2, 0.25) is 0 Å². The lowest BCUT2D eigenvalue weighted by molar-refractivity contribution is 0.0946. The smallest absolute Gasteiger partial charge is 0.271 e. The minimum atomic E-state index is -0.301. The molecule has 118 valence electrons. The third-order valence-electron chi connectivity index (χ3n) is 3.31. The zero-order chi connectivity index (χ0) is 16.2. The Morgan fingerprint density at radius 2 is 2.17 bits per heavy atom. The van der Waals surface area contributed by atoms with Crippen molar-refractivity contribution in [3.63, 3.8) is 0 Å². The molecule has 1 amide bonds. The number of aryl methyl sites for hydroxylation is 2. The summed E-state index contributed by atoms with van der Waals surface area (Å²) in [6.07, 6.45) is 6.57. The van der Waals surface area contributed by atoms with Crippen LogP contribution in [0.3, 0.4) is 0 Å². The fraction of sp³-hybridized carbons (Fsp3) is 0.286. The monoisotopic (exact) mass is 313 g/mol. The molecule has 3 aromatic rings. The summed E-state index contributed by atoms with van der Waals surface area (Å²) in [7, 11) is 1.51. The Morgan fingerprint density at radius 3 is 3.00 bits per heavy atom. The SMILES string of the molecule is Cn1nc(C(=O)NCCCc2cnc3ncnn3c2)ccc1=O. The molecule has 0 aromatic carbocycles. The van der Waals surface area contributed by atoms with Crippen molar-refractivity contribution in [1.29, 1.82) is 0 Å². The molecule has 0 atom stereocenters. The van der Waals surface area contributed by atoms with E-state index in [0.29, 0.717) is 12.3 Å². The average Bonchev–Trinajstić information content (AvgIpc) is 3.01. The van der Waals surface area contributed by atoms with Crippen LogP contribution in [0.15, 0.2) is 35.6 Å². The van der Waals surface area contributed by atoms with Crippen LogP contribution in [-0.2, 0) is 13.5 Å². The van der Waals surface area contributed by atoms with Gasteiger partial charge in [-0.05, 0) is 24.5 Å². The van der Waals surface area contributed by atoms with Gasteiger partial charge < -0.3 is 5.32 Å². The molecule has 3 rings (SSSR count). The van der Waals surface area contributed by atoms with E-state index in [9.17, 15) is 9.59 Å². The van der Waals surface area contributed by atoms with Gasteiger partial charge in [-0.15, -0.1) is 0 Å². The van der Waals surface area contributed by atoms with Crippen LogP contribution in [0, 0.1) is 0 Å². The fourth-order valence-electron chi connectivity index (χ4n) is 2.10. The lowest BCUT2D eigenvalue weighted by Crippen LogP contribution is -2.29. The Labute approximate surface area is 131 Å². The van der Waals surface area contributed by atoms with E-state index >= 15 is 0 Å². The number of nitrogens with zero attached hydrogens (tertiary/aromatic N) is 6. The molecule has 0 saturated carbocycles. The number of carbonyl (C=O) groups is 1. The van der Waals surface area contributed by atoms with Crippen molar-refractivity contribution in [3.05, 3.63) is 52.5 Å². The Bertz CT molecular complexity index is 899. The third-order valence-corrected chi connectivity index (χ3v) is 3.31. The van der Waals surface area contributed by atoms with Crippen molar-refractivity contribution in [1.82, 2.24) is 34.7 Å². The molecule has 0 aliphatic carbocycles. The van der Waals surface area contributed by atoms with Gasteiger partial charge in [0, 0.05) is 32.1 Å². The highest BCUT2D eigenvalue weighted by molar-refractivity contribution is 5.91. The van der Waals surface area contributed by atoms with E-state index in [4.69, 9.17) is 0 Å². The molecule has 23 heavy (non-hydrogen) atoms. The Balaban J connectivity index is 1.51. The predicted molar refractivity (Wildman–Crippen MR) is 80.9 cm³/mol. The summed E-state index contributed by atoms with van der Waals surface area (Å²) in [5.74, 6) is 0.258. The van der Waals surface area contributed by atoms with Crippen molar-refractivity contribution in [2.75, 3.05) is 6.54 Å². The summed E-state index contributed by atoms with van der Waals surface area (Å²) < 4.78 is 2.75. The van der Waals surface area contributed by atoms with Gasteiger partial charge in [0.1, 0.15) is 12.0 Å². The number of hydrogen-bond donors (Lipinski definition) is 1. The number of fused-ring (bicyclic) bond motifs is 1. The van der Waals surface area contributed by atoms with Gasteiger partial charge in [0.25, 0.3) is 17.2 Å². The third kappa shape index (κ3) is 3.39. The first-order chi connectivity index (χ1) is 11.1. The number of carbonyl (C=O) groups excluding carboxylic acids is 1.